The van der Waals surface area contributed by atoms with Crippen molar-refractivity contribution in [2.75, 3.05) is 0 Å². The summed E-state index contributed by atoms with van der Waals surface area (Å²) in [6.07, 6.45) is 6.50. The van der Waals surface area contributed by atoms with Crippen molar-refractivity contribution >= 4 is 24.0 Å². The topological polar surface area (TPSA) is 96.3 Å². The normalized spacial score (nSPS) is 26.1. The fourth-order valence-corrected chi connectivity index (χ4v) is 4.72. The summed E-state index contributed by atoms with van der Waals surface area (Å²) in [4.78, 5) is 36.3. The number of ether oxygens (including phenoxy) is 1. The number of imide groups is 1. The van der Waals surface area contributed by atoms with E-state index in [4.69, 9.17) is 9.84 Å². The van der Waals surface area contributed by atoms with Crippen molar-refractivity contribution in [3.63, 3.8) is 0 Å². The molecule has 2 fully saturated rings. The lowest BCUT2D eigenvalue weighted by molar-refractivity contribution is -0.140. The summed E-state index contributed by atoms with van der Waals surface area (Å²) >= 11 is 0. The van der Waals surface area contributed by atoms with Gasteiger partial charge in [0, 0.05) is 0 Å². The summed E-state index contributed by atoms with van der Waals surface area (Å²) in [6, 6.07) is 13.7. The van der Waals surface area contributed by atoms with Gasteiger partial charge in [-0.25, -0.2) is 4.79 Å². The molecule has 1 N–H and O–H groups in total. The third-order valence-electron chi connectivity index (χ3n) is 6.23. The zero-order valence-electron chi connectivity index (χ0n) is 16.5. The first-order valence-electron chi connectivity index (χ1n) is 10.2. The number of nitrogens with zero attached hydrogens (tertiary/aromatic N) is 2. The number of carbonyl (C=O) groups excluding carboxylic acids is 2. The Morgan fingerprint density at radius 2 is 1.74 bits per heavy atom. The zero-order valence-corrected chi connectivity index (χ0v) is 16.5. The molecule has 31 heavy (non-hydrogen) atoms. The number of hydrazone groups is 1. The number of allylic oxidation sites excluding steroid dienone is 2. The van der Waals surface area contributed by atoms with Gasteiger partial charge in [0.25, 0.3) is 11.8 Å². The molecule has 2 aromatic carbocycles. The molecule has 7 heteroatoms. The van der Waals surface area contributed by atoms with E-state index in [2.05, 4.69) is 17.3 Å². The van der Waals surface area contributed by atoms with Gasteiger partial charge in [-0.2, -0.15) is 10.1 Å². The molecular weight excluding hydrogens is 396 g/mol. The number of aromatic carboxylic acids is 1. The first-order valence-corrected chi connectivity index (χ1v) is 10.2. The van der Waals surface area contributed by atoms with Crippen LogP contribution < -0.4 is 4.74 Å². The average molecular weight is 416 g/mol. The van der Waals surface area contributed by atoms with Gasteiger partial charge in [-0.15, -0.1) is 0 Å². The Balaban J connectivity index is 1.24. The van der Waals surface area contributed by atoms with Crippen LogP contribution in [0.25, 0.3) is 0 Å². The van der Waals surface area contributed by atoms with Crippen molar-refractivity contribution in [2.24, 2.45) is 28.8 Å². The molecule has 0 unspecified atom stereocenters. The molecule has 0 spiro atoms. The van der Waals surface area contributed by atoms with E-state index < -0.39 is 5.97 Å². The fraction of sp³-hybridized carbons (Fsp3) is 0.250. The van der Waals surface area contributed by atoms with E-state index in [1.807, 2.05) is 6.07 Å². The molecule has 2 bridgehead atoms. The lowest BCUT2D eigenvalue weighted by Crippen LogP contribution is -2.28. The van der Waals surface area contributed by atoms with Crippen LogP contribution in [0.15, 0.2) is 65.8 Å². The minimum Gasteiger partial charge on any atom is -0.489 e. The van der Waals surface area contributed by atoms with Gasteiger partial charge < -0.3 is 9.84 Å². The average Bonchev–Trinajstić information content (AvgIpc) is 3.46. The molecule has 156 valence electrons. The molecule has 1 saturated heterocycles. The maximum atomic E-state index is 12.7. The second kappa shape index (κ2) is 7.50. The molecular formula is C24H20N2O5. The number of carboxylic acids is 1. The van der Waals surface area contributed by atoms with E-state index in [-0.39, 0.29) is 47.7 Å². The third kappa shape index (κ3) is 3.42. The highest BCUT2D eigenvalue weighted by molar-refractivity contribution is 6.06. The maximum absolute atomic E-state index is 12.7. The SMILES string of the molecule is O=C(O)c1ccc(COc2cccc(C=NN3C(=O)[C@@H]4[C@H](C3=O)[C@H]3C=C[C@H]4C3)c2)cc1. The molecule has 4 atom stereocenters. The second-order valence-electron chi connectivity index (χ2n) is 8.10. The number of carboxylic acid groups (broad SMARTS) is 1. The van der Waals surface area contributed by atoms with Crippen LogP contribution in [0.1, 0.15) is 27.9 Å². The Morgan fingerprint density at radius 3 is 2.39 bits per heavy atom. The van der Waals surface area contributed by atoms with Crippen molar-refractivity contribution in [2.45, 2.75) is 13.0 Å². The standard InChI is InChI=1S/C24H20N2O5/c27-22-20-17-8-9-18(11-17)21(20)23(28)26(22)25-12-15-2-1-3-19(10-15)31-13-14-4-6-16(7-5-14)24(29)30/h1-10,12,17-18,20-21H,11,13H2,(H,29,30)/t17-,18-,20-,21+/m0/s1. The van der Waals surface area contributed by atoms with E-state index in [1.165, 1.54) is 18.3 Å². The van der Waals surface area contributed by atoms with Crippen LogP contribution in [0.3, 0.4) is 0 Å². The molecule has 1 heterocycles. The van der Waals surface area contributed by atoms with Crippen molar-refractivity contribution in [1.82, 2.24) is 5.01 Å². The van der Waals surface area contributed by atoms with Crippen molar-refractivity contribution in [1.29, 1.82) is 0 Å². The predicted octanol–water partition coefficient (Wildman–Crippen LogP) is 3.10. The summed E-state index contributed by atoms with van der Waals surface area (Å²) in [5.74, 6) is -0.989. The monoisotopic (exact) mass is 416 g/mol. The van der Waals surface area contributed by atoms with Crippen LogP contribution in [0.5, 0.6) is 5.75 Å². The van der Waals surface area contributed by atoms with Crippen LogP contribution in [0.4, 0.5) is 0 Å². The van der Waals surface area contributed by atoms with E-state index in [1.54, 1.807) is 30.3 Å². The van der Waals surface area contributed by atoms with Gasteiger partial charge in [0.15, 0.2) is 0 Å². The van der Waals surface area contributed by atoms with Gasteiger partial charge in [-0.3, -0.25) is 9.59 Å². The van der Waals surface area contributed by atoms with Crippen molar-refractivity contribution in [3.05, 3.63) is 77.4 Å². The van der Waals surface area contributed by atoms with Crippen LogP contribution in [0, 0.1) is 23.7 Å². The van der Waals surface area contributed by atoms with Gasteiger partial charge in [0.1, 0.15) is 12.4 Å². The Bertz CT molecular complexity index is 1090. The summed E-state index contributed by atoms with van der Waals surface area (Å²) in [7, 11) is 0. The summed E-state index contributed by atoms with van der Waals surface area (Å²) in [6.45, 7) is 0.280. The first kappa shape index (κ1) is 19.2. The minimum atomic E-state index is -0.970. The molecule has 1 saturated carbocycles. The van der Waals surface area contributed by atoms with Gasteiger partial charge in [0.05, 0.1) is 23.6 Å². The molecule has 2 aromatic rings. The van der Waals surface area contributed by atoms with E-state index >= 15 is 0 Å². The van der Waals surface area contributed by atoms with Gasteiger partial charge in [0.2, 0.25) is 0 Å². The largest absolute Gasteiger partial charge is 0.489 e. The summed E-state index contributed by atoms with van der Waals surface area (Å²) in [5.41, 5.74) is 1.77. The molecule has 0 radical (unpaired) electrons. The zero-order chi connectivity index (χ0) is 21.5. The maximum Gasteiger partial charge on any atom is 0.335 e. The van der Waals surface area contributed by atoms with Gasteiger partial charge >= 0.3 is 5.97 Å². The number of amides is 2. The molecule has 0 aromatic heterocycles. The summed E-state index contributed by atoms with van der Waals surface area (Å²) < 4.78 is 5.78. The molecule has 2 aliphatic carbocycles. The van der Waals surface area contributed by atoms with E-state index in [0.29, 0.717) is 11.3 Å². The van der Waals surface area contributed by atoms with Crippen LogP contribution in [0.2, 0.25) is 0 Å². The lowest BCUT2D eigenvalue weighted by Gasteiger charge is -2.13. The molecule has 7 nitrogen and oxygen atoms in total. The summed E-state index contributed by atoms with van der Waals surface area (Å²) in [5, 5.41) is 14.2. The quantitative estimate of drug-likeness (QED) is 0.443. The number of fused-ring (bicyclic) bond motifs is 5. The number of hydrogen-bond acceptors (Lipinski definition) is 5. The second-order valence-corrected chi connectivity index (χ2v) is 8.10. The lowest BCUT2D eigenvalue weighted by atomic mass is 9.85. The molecule has 2 amide bonds. The number of hydrogen-bond donors (Lipinski definition) is 1. The highest BCUT2D eigenvalue weighted by atomic mass is 16.5. The van der Waals surface area contributed by atoms with Gasteiger partial charge in [-0.1, -0.05) is 36.4 Å². The Hall–Kier alpha value is -3.74. The number of carbonyl (C=O) groups is 3. The number of rotatable bonds is 6. The Labute approximate surface area is 178 Å². The highest BCUT2D eigenvalue weighted by Gasteiger charge is 2.59. The minimum absolute atomic E-state index is 0.160. The van der Waals surface area contributed by atoms with E-state index in [0.717, 1.165) is 17.0 Å². The van der Waals surface area contributed by atoms with Crippen LogP contribution in [-0.4, -0.2) is 34.1 Å². The predicted molar refractivity (Wildman–Crippen MR) is 111 cm³/mol. The molecule has 3 aliphatic rings. The fourth-order valence-electron chi connectivity index (χ4n) is 4.72. The van der Waals surface area contributed by atoms with Crippen molar-refractivity contribution < 1.29 is 24.2 Å². The smallest absolute Gasteiger partial charge is 0.335 e. The van der Waals surface area contributed by atoms with E-state index in [9.17, 15) is 14.4 Å². The molecule has 5 rings (SSSR count). The van der Waals surface area contributed by atoms with Crippen LogP contribution >= 0.6 is 0 Å². The van der Waals surface area contributed by atoms with Gasteiger partial charge in [-0.05, 0) is 53.6 Å². The molecule has 1 aliphatic heterocycles. The Morgan fingerprint density at radius 1 is 1.06 bits per heavy atom. The van der Waals surface area contributed by atoms with Crippen molar-refractivity contribution in [3.8, 4) is 5.75 Å². The highest BCUT2D eigenvalue weighted by Crippen LogP contribution is 2.52. The first-order chi connectivity index (χ1) is 15.0. The third-order valence-corrected chi connectivity index (χ3v) is 6.23. The Kier molecular flexibility index (Phi) is 4.66. The van der Waals surface area contributed by atoms with Crippen LogP contribution in [-0.2, 0) is 16.2 Å². The number of benzene rings is 2.